The minimum atomic E-state index is -0.151. The van der Waals surface area contributed by atoms with Crippen molar-refractivity contribution in [3.05, 3.63) is 51.7 Å². The van der Waals surface area contributed by atoms with Gasteiger partial charge in [0.15, 0.2) is 16.8 Å². The Morgan fingerprint density at radius 3 is 2.60 bits per heavy atom. The summed E-state index contributed by atoms with van der Waals surface area (Å²) in [6.45, 7) is 6.39. The van der Waals surface area contributed by atoms with Crippen molar-refractivity contribution in [1.29, 1.82) is 0 Å². The number of aromatic nitrogens is 6. The highest BCUT2D eigenvalue weighted by Gasteiger charge is 2.30. The van der Waals surface area contributed by atoms with Crippen molar-refractivity contribution in [2.75, 3.05) is 0 Å². The van der Waals surface area contributed by atoms with Crippen LogP contribution in [0.5, 0.6) is 0 Å². The molecule has 0 amide bonds. The Morgan fingerprint density at radius 2 is 1.83 bits per heavy atom. The van der Waals surface area contributed by atoms with Gasteiger partial charge in [0.2, 0.25) is 0 Å². The van der Waals surface area contributed by atoms with E-state index in [0.29, 0.717) is 28.2 Å². The number of aryl methyl sites for hydroxylation is 1. The molecule has 5 rings (SSSR count). The van der Waals surface area contributed by atoms with E-state index < -0.39 is 0 Å². The van der Waals surface area contributed by atoms with Crippen molar-refractivity contribution in [2.24, 2.45) is 11.8 Å². The van der Waals surface area contributed by atoms with E-state index in [1.807, 2.05) is 31.2 Å². The lowest BCUT2D eigenvalue weighted by atomic mass is 9.78. The van der Waals surface area contributed by atoms with Gasteiger partial charge in [0.25, 0.3) is 5.56 Å². The van der Waals surface area contributed by atoms with Crippen LogP contribution in [0.4, 0.5) is 0 Å². The predicted octanol–water partition coefficient (Wildman–Crippen LogP) is 4.46. The lowest BCUT2D eigenvalue weighted by molar-refractivity contribution is 0.182. The largest absolute Gasteiger partial charge is 0.294 e. The molecule has 1 fully saturated rings. The highest BCUT2D eigenvalue weighted by Crippen LogP contribution is 2.37. The van der Waals surface area contributed by atoms with Crippen molar-refractivity contribution in [2.45, 2.75) is 46.1 Å². The van der Waals surface area contributed by atoms with Crippen LogP contribution in [-0.4, -0.2) is 29.4 Å². The van der Waals surface area contributed by atoms with Gasteiger partial charge >= 0.3 is 0 Å². The van der Waals surface area contributed by atoms with E-state index in [-0.39, 0.29) is 17.1 Å². The van der Waals surface area contributed by atoms with Crippen molar-refractivity contribution in [1.82, 2.24) is 29.4 Å². The molecule has 3 heterocycles. The predicted molar refractivity (Wildman–Crippen MR) is 117 cm³/mol. The SMILES string of the molecule is Cc1nn2c(nnc3c(=O)n(C4CCCC(C)C4C)cnc32)c1-c1ccc(Cl)cc1. The molecule has 0 radical (unpaired) electrons. The summed E-state index contributed by atoms with van der Waals surface area (Å²) < 4.78 is 3.37. The average molecular weight is 423 g/mol. The molecule has 0 N–H and O–H groups in total. The fourth-order valence-electron chi connectivity index (χ4n) is 4.68. The van der Waals surface area contributed by atoms with E-state index >= 15 is 0 Å². The van der Waals surface area contributed by atoms with E-state index in [0.717, 1.165) is 29.7 Å². The molecule has 3 unspecified atom stereocenters. The number of rotatable bonds is 2. The number of nitrogens with zero attached hydrogens (tertiary/aromatic N) is 6. The standard InChI is InChI=1S/C22H23ClN6O/c1-12-5-4-6-17(13(12)2)28-11-24-21-19(22(28)30)25-26-20-18(14(3)27-29(20)21)15-7-9-16(23)10-8-15/h7-13,17H,4-6H2,1-3H3. The molecule has 0 bridgehead atoms. The zero-order chi connectivity index (χ0) is 21.0. The van der Waals surface area contributed by atoms with Crippen molar-refractivity contribution in [3.8, 4) is 11.1 Å². The molecule has 1 aliphatic carbocycles. The Bertz CT molecular complexity index is 1310. The number of hydrogen-bond donors (Lipinski definition) is 0. The third-order valence-electron chi connectivity index (χ3n) is 6.59. The van der Waals surface area contributed by atoms with Crippen LogP contribution in [-0.2, 0) is 0 Å². The Hall–Kier alpha value is -2.80. The minimum absolute atomic E-state index is 0.139. The van der Waals surface area contributed by atoms with E-state index in [1.165, 1.54) is 6.42 Å². The fraction of sp³-hybridized carbons (Fsp3) is 0.409. The molecule has 1 aromatic carbocycles. The second kappa shape index (κ2) is 7.16. The molecule has 1 saturated carbocycles. The van der Waals surface area contributed by atoms with Gasteiger partial charge < -0.3 is 0 Å². The lowest BCUT2D eigenvalue weighted by Crippen LogP contribution is -2.34. The van der Waals surface area contributed by atoms with Crippen molar-refractivity contribution < 1.29 is 0 Å². The molecule has 0 aliphatic heterocycles. The molecule has 4 aromatic rings. The summed E-state index contributed by atoms with van der Waals surface area (Å²) in [5.41, 5.74) is 3.70. The number of benzene rings is 1. The fourth-order valence-corrected chi connectivity index (χ4v) is 4.81. The third kappa shape index (κ3) is 2.91. The highest BCUT2D eigenvalue weighted by atomic mass is 35.5. The summed E-state index contributed by atoms with van der Waals surface area (Å²) in [7, 11) is 0. The maximum atomic E-state index is 13.3. The van der Waals surface area contributed by atoms with Crippen LogP contribution >= 0.6 is 11.6 Å². The second-order valence-corrected chi connectivity index (χ2v) is 8.80. The van der Waals surface area contributed by atoms with Gasteiger partial charge in [-0.15, -0.1) is 10.2 Å². The molecule has 7 nitrogen and oxygen atoms in total. The van der Waals surface area contributed by atoms with Gasteiger partial charge in [0.1, 0.15) is 6.33 Å². The monoisotopic (exact) mass is 422 g/mol. The first kappa shape index (κ1) is 19.2. The highest BCUT2D eigenvalue weighted by molar-refractivity contribution is 6.30. The van der Waals surface area contributed by atoms with Gasteiger partial charge in [0, 0.05) is 11.1 Å². The van der Waals surface area contributed by atoms with Gasteiger partial charge in [0.05, 0.1) is 11.3 Å². The molecule has 1 aliphatic rings. The number of fused-ring (bicyclic) bond motifs is 3. The topological polar surface area (TPSA) is 78.0 Å². The summed E-state index contributed by atoms with van der Waals surface area (Å²) in [6, 6.07) is 7.65. The molecule has 0 spiro atoms. The normalized spacial score (nSPS) is 22.1. The van der Waals surface area contributed by atoms with Gasteiger partial charge in [-0.3, -0.25) is 9.36 Å². The van der Waals surface area contributed by atoms with E-state index in [1.54, 1.807) is 15.4 Å². The first-order valence-electron chi connectivity index (χ1n) is 10.3. The van der Waals surface area contributed by atoms with Gasteiger partial charge in [-0.05, 0) is 42.9 Å². The molecule has 3 aromatic heterocycles. The van der Waals surface area contributed by atoms with Crippen LogP contribution in [0.1, 0.15) is 44.8 Å². The maximum Gasteiger partial charge on any atom is 0.283 e. The number of halogens is 1. The Morgan fingerprint density at radius 1 is 1.07 bits per heavy atom. The van der Waals surface area contributed by atoms with E-state index in [9.17, 15) is 4.79 Å². The lowest BCUT2D eigenvalue weighted by Gasteiger charge is -2.34. The molecule has 8 heteroatoms. The molecule has 3 atom stereocenters. The molecular formula is C22H23ClN6O. The second-order valence-electron chi connectivity index (χ2n) is 8.37. The van der Waals surface area contributed by atoms with Crippen LogP contribution in [0.15, 0.2) is 35.4 Å². The average Bonchev–Trinajstić information content (AvgIpc) is 3.08. The van der Waals surface area contributed by atoms with Crippen LogP contribution in [0.3, 0.4) is 0 Å². The minimum Gasteiger partial charge on any atom is -0.294 e. The van der Waals surface area contributed by atoms with Gasteiger partial charge in [-0.1, -0.05) is 50.4 Å². The maximum absolute atomic E-state index is 13.3. The Labute approximate surface area is 178 Å². The van der Waals surface area contributed by atoms with Crippen LogP contribution in [0.2, 0.25) is 5.02 Å². The Balaban J connectivity index is 1.68. The van der Waals surface area contributed by atoms with Crippen molar-refractivity contribution >= 4 is 28.4 Å². The first-order chi connectivity index (χ1) is 14.5. The van der Waals surface area contributed by atoms with E-state index in [4.69, 9.17) is 11.6 Å². The molecule has 30 heavy (non-hydrogen) atoms. The third-order valence-corrected chi connectivity index (χ3v) is 6.84. The quantitative estimate of drug-likeness (QED) is 0.476. The zero-order valence-corrected chi connectivity index (χ0v) is 18.0. The van der Waals surface area contributed by atoms with Crippen LogP contribution < -0.4 is 5.56 Å². The van der Waals surface area contributed by atoms with Crippen LogP contribution in [0, 0.1) is 18.8 Å². The smallest absolute Gasteiger partial charge is 0.283 e. The summed E-state index contributed by atoms with van der Waals surface area (Å²) in [6.07, 6.45) is 4.96. The summed E-state index contributed by atoms with van der Waals surface area (Å²) in [5.74, 6) is 0.992. The number of hydrogen-bond acceptors (Lipinski definition) is 5. The van der Waals surface area contributed by atoms with E-state index in [2.05, 4.69) is 34.1 Å². The zero-order valence-electron chi connectivity index (χ0n) is 17.2. The summed E-state index contributed by atoms with van der Waals surface area (Å²) >= 11 is 6.03. The summed E-state index contributed by atoms with van der Waals surface area (Å²) in [4.78, 5) is 17.9. The Kier molecular flexibility index (Phi) is 4.58. The van der Waals surface area contributed by atoms with Gasteiger partial charge in [-0.2, -0.15) is 9.61 Å². The van der Waals surface area contributed by atoms with Crippen molar-refractivity contribution in [3.63, 3.8) is 0 Å². The molecule has 154 valence electrons. The molecule has 0 saturated heterocycles. The first-order valence-corrected chi connectivity index (χ1v) is 10.7. The summed E-state index contributed by atoms with van der Waals surface area (Å²) in [5, 5.41) is 14.0. The molecular weight excluding hydrogens is 400 g/mol. The van der Waals surface area contributed by atoms with Crippen LogP contribution in [0.25, 0.3) is 27.9 Å². The van der Waals surface area contributed by atoms with Gasteiger partial charge in [-0.25, -0.2) is 4.98 Å².